The lowest BCUT2D eigenvalue weighted by atomic mass is 9.86. The minimum atomic E-state index is -3.56. The van der Waals surface area contributed by atoms with E-state index in [0.717, 1.165) is 0 Å². The maximum absolute atomic E-state index is 14.3. The number of sulfone groups is 1. The van der Waals surface area contributed by atoms with Crippen LogP contribution < -0.4 is 5.32 Å². The molecule has 2 unspecified atom stereocenters. The van der Waals surface area contributed by atoms with Crippen LogP contribution in [0.4, 0.5) is 4.39 Å². The van der Waals surface area contributed by atoms with Gasteiger partial charge in [-0.2, -0.15) is 0 Å². The molecule has 0 radical (unpaired) electrons. The molecule has 0 spiro atoms. The Hall–Kier alpha value is -1.40. The van der Waals surface area contributed by atoms with Gasteiger partial charge in [-0.1, -0.05) is 24.8 Å². The molecule has 1 N–H and O–H groups in total. The van der Waals surface area contributed by atoms with Crippen molar-refractivity contribution < 1.29 is 17.5 Å². The number of benzene rings is 1. The van der Waals surface area contributed by atoms with E-state index in [9.17, 15) is 12.8 Å². The highest BCUT2D eigenvalue weighted by molar-refractivity contribution is 7.93. The average Bonchev–Trinajstić information content (AvgIpc) is 2.83. The number of halogens is 1. The third kappa shape index (κ3) is 1.72. The van der Waals surface area contributed by atoms with Crippen LogP contribution in [0.1, 0.15) is 19.4 Å². The third-order valence-electron chi connectivity index (χ3n) is 4.69. The standard InChI is InChI=1S/C15H18FNO3S/c1-10-14(2,3)21(18,19)13-8-20-9-15(13,17-10)11-6-4-5-7-12(11)16/h4-7,13,17H,1,8-9H2,2-3H3. The molecule has 1 aromatic rings. The van der Waals surface area contributed by atoms with Gasteiger partial charge in [-0.25, -0.2) is 12.8 Å². The second kappa shape index (κ2) is 4.30. The Morgan fingerprint density at radius 1 is 1.38 bits per heavy atom. The second-order valence-electron chi connectivity index (χ2n) is 6.11. The molecular weight excluding hydrogens is 293 g/mol. The normalized spacial score (nSPS) is 33.3. The zero-order valence-corrected chi connectivity index (χ0v) is 12.8. The van der Waals surface area contributed by atoms with Gasteiger partial charge in [0.15, 0.2) is 9.84 Å². The van der Waals surface area contributed by atoms with Crippen molar-refractivity contribution in [2.45, 2.75) is 29.4 Å². The highest BCUT2D eigenvalue weighted by atomic mass is 32.2. The first-order valence-electron chi connectivity index (χ1n) is 6.77. The average molecular weight is 311 g/mol. The Morgan fingerprint density at radius 2 is 2.05 bits per heavy atom. The van der Waals surface area contributed by atoms with Gasteiger partial charge in [-0.15, -0.1) is 0 Å². The molecule has 2 atom stereocenters. The number of ether oxygens (including phenoxy) is 1. The molecule has 21 heavy (non-hydrogen) atoms. The summed E-state index contributed by atoms with van der Waals surface area (Å²) >= 11 is 0. The smallest absolute Gasteiger partial charge is 0.168 e. The van der Waals surface area contributed by atoms with E-state index in [2.05, 4.69) is 11.9 Å². The van der Waals surface area contributed by atoms with Crippen molar-refractivity contribution in [3.05, 3.63) is 47.9 Å². The highest BCUT2D eigenvalue weighted by Gasteiger charge is 2.62. The predicted octanol–water partition coefficient (Wildman–Crippen LogP) is 1.73. The van der Waals surface area contributed by atoms with E-state index < -0.39 is 31.2 Å². The van der Waals surface area contributed by atoms with E-state index in [-0.39, 0.29) is 13.2 Å². The topological polar surface area (TPSA) is 55.4 Å². The van der Waals surface area contributed by atoms with Crippen LogP contribution >= 0.6 is 0 Å². The fourth-order valence-electron chi connectivity index (χ4n) is 3.12. The lowest BCUT2D eigenvalue weighted by molar-refractivity contribution is 0.168. The van der Waals surface area contributed by atoms with Crippen molar-refractivity contribution >= 4 is 9.84 Å². The predicted molar refractivity (Wildman–Crippen MR) is 78.0 cm³/mol. The number of hydrogen-bond donors (Lipinski definition) is 1. The fraction of sp³-hybridized carbons (Fsp3) is 0.467. The fourth-order valence-corrected chi connectivity index (χ4v) is 5.29. The second-order valence-corrected chi connectivity index (χ2v) is 8.79. The lowest BCUT2D eigenvalue weighted by Gasteiger charge is -2.47. The van der Waals surface area contributed by atoms with E-state index in [1.54, 1.807) is 32.0 Å². The summed E-state index contributed by atoms with van der Waals surface area (Å²) in [5.74, 6) is -0.441. The maximum Gasteiger partial charge on any atom is 0.168 e. The molecule has 2 aliphatic rings. The molecule has 0 bridgehead atoms. The van der Waals surface area contributed by atoms with Crippen molar-refractivity contribution in [2.24, 2.45) is 0 Å². The van der Waals surface area contributed by atoms with Crippen molar-refractivity contribution in [3.63, 3.8) is 0 Å². The van der Waals surface area contributed by atoms with Crippen LogP contribution in [0.15, 0.2) is 36.5 Å². The lowest BCUT2D eigenvalue weighted by Crippen LogP contribution is -2.65. The monoisotopic (exact) mass is 311 g/mol. The Balaban J connectivity index is 2.24. The molecule has 4 nitrogen and oxygen atoms in total. The van der Waals surface area contributed by atoms with Crippen LogP contribution in [-0.2, 0) is 20.1 Å². The van der Waals surface area contributed by atoms with Gasteiger partial charge in [0, 0.05) is 11.3 Å². The van der Waals surface area contributed by atoms with Crippen LogP contribution in [0.5, 0.6) is 0 Å². The molecule has 114 valence electrons. The van der Waals surface area contributed by atoms with Crippen molar-refractivity contribution in [1.29, 1.82) is 0 Å². The summed E-state index contributed by atoms with van der Waals surface area (Å²) < 4.78 is 44.4. The van der Waals surface area contributed by atoms with Crippen molar-refractivity contribution in [2.75, 3.05) is 13.2 Å². The number of fused-ring (bicyclic) bond motifs is 1. The highest BCUT2D eigenvalue weighted by Crippen LogP contribution is 2.46. The summed E-state index contributed by atoms with van der Waals surface area (Å²) in [7, 11) is -3.56. The van der Waals surface area contributed by atoms with Gasteiger partial charge in [0.2, 0.25) is 0 Å². The summed E-state index contributed by atoms with van der Waals surface area (Å²) in [6.45, 7) is 7.24. The quantitative estimate of drug-likeness (QED) is 0.858. The summed E-state index contributed by atoms with van der Waals surface area (Å²) in [5.41, 5.74) is -0.420. The Kier molecular flexibility index (Phi) is 2.98. The molecule has 1 aromatic carbocycles. The van der Waals surface area contributed by atoms with Crippen LogP contribution in [0.2, 0.25) is 0 Å². The van der Waals surface area contributed by atoms with Gasteiger partial charge >= 0.3 is 0 Å². The van der Waals surface area contributed by atoms with Gasteiger partial charge in [0.25, 0.3) is 0 Å². The van der Waals surface area contributed by atoms with E-state index >= 15 is 0 Å². The molecule has 0 aliphatic carbocycles. The largest absolute Gasteiger partial charge is 0.377 e. The van der Waals surface area contributed by atoms with Crippen molar-refractivity contribution in [1.82, 2.24) is 5.32 Å². The Bertz CT molecular complexity index is 713. The van der Waals surface area contributed by atoms with Gasteiger partial charge in [-0.05, 0) is 19.9 Å². The number of nitrogens with one attached hydrogen (secondary N) is 1. The zero-order valence-electron chi connectivity index (χ0n) is 12.0. The summed E-state index contributed by atoms with van der Waals surface area (Å²) in [5, 5.41) is 2.33. The van der Waals surface area contributed by atoms with Crippen LogP contribution in [-0.4, -0.2) is 31.6 Å². The first-order valence-corrected chi connectivity index (χ1v) is 8.32. The molecule has 0 saturated carbocycles. The molecule has 0 amide bonds. The van der Waals surface area contributed by atoms with Crippen LogP contribution in [0.25, 0.3) is 0 Å². The first kappa shape index (κ1) is 14.5. The molecule has 2 heterocycles. The van der Waals surface area contributed by atoms with E-state index in [0.29, 0.717) is 11.3 Å². The summed E-state index contributed by atoms with van der Waals surface area (Å²) in [6.07, 6.45) is 0. The van der Waals surface area contributed by atoms with Crippen LogP contribution in [0, 0.1) is 5.82 Å². The minimum Gasteiger partial charge on any atom is -0.377 e. The Morgan fingerprint density at radius 3 is 2.71 bits per heavy atom. The molecule has 6 heteroatoms. The molecule has 3 rings (SSSR count). The molecule has 0 aromatic heterocycles. The SMILES string of the molecule is C=C1NC2(c3ccccc3F)COCC2S(=O)(=O)C1(C)C. The number of hydrogen-bond acceptors (Lipinski definition) is 4. The van der Waals surface area contributed by atoms with E-state index in [1.165, 1.54) is 6.07 Å². The van der Waals surface area contributed by atoms with E-state index in [4.69, 9.17) is 4.74 Å². The summed E-state index contributed by atoms with van der Waals surface area (Å²) in [6, 6.07) is 6.21. The minimum absolute atomic E-state index is 0.0559. The Labute approximate surface area is 123 Å². The van der Waals surface area contributed by atoms with Gasteiger partial charge in [-0.3, -0.25) is 0 Å². The number of rotatable bonds is 1. The van der Waals surface area contributed by atoms with E-state index in [1.807, 2.05) is 0 Å². The molecule has 2 saturated heterocycles. The van der Waals surface area contributed by atoms with Gasteiger partial charge in [0.05, 0.1) is 13.2 Å². The molecular formula is C15H18FNO3S. The molecule has 2 fully saturated rings. The van der Waals surface area contributed by atoms with Gasteiger partial charge in [0.1, 0.15) is 21.4 Å². The van der Waals surface area contributed by atoms with Gasteiger partial charge < -0.3 is 10.1 Å². The van der Waals surface area contributed by atoms with Crippen LogP contribution in [0.3, 0.4) is 0 Å². The first-order chi connectivity index (χ1) is 9.73. The van der Waals surface area contributed by atoms with Crippen molar-refractivity contribution in [3.8, 4) is 0 Å². The zero-order chi connectivity index (χ0) is 15.5. The summed E-state index contributed by atoms with van der Waals surface area (Å²) in [4.78, 5) is 0. The molecule has 2 aliphatic heterocycles. The third-order valence-corrected chi connectivity index (χ3v) is 7.65. The maximum atomic E-state index is 14.3.